The zero-order valence-corrected chi connectivity index (χ0v) is 10.9. The molecule has 2 atom stereocenters. The Morgan fingerprint density at radius 3 is 2.67 bits per heavy atom. The van der Waals surface area contributed by atoms with Gasteiger partial charge in [-0.15, -0.1) is 0 Å². The minimum absolute atomic E-state index is 0.789. The van der Waals surface area contributed by atoms with Gasteiger partial charge in [0.05, 0.1) is 0 Å². The van der Waals surface area contributed by atoms with Gasteiger partial charge >= 0.3 is 0 Å². The molecule has 3 saturated heterocycles. The third-order valence-electron chi connectivity index (χ3n) is 3.84. The summed E-state index contributed by atoms with van der Waals surface area (Å²) in [5.74, 6) is 3.07. The van der Waals surface area contributed by atoms with Crippen molar-refractivity contribution in [1.82, 2.24) is 10.2 Å². The number of rotatable bonds is 5. The maximum absolute atomic E-state index is 3.78. The molecule has 3 rings (SSSR count). The van der Waals surface area contributed by atoms with E-state index in [1.54, 1.807) is 0 Å². The van der Waals surface area contributed by atoms with E-state index in [-0.39, 0.29) is 0 Å². The molecular formula is C12H24N2S. The summed E-state index contributed by atoms with van der Waals surface area (Å²) in [5, 5.41) is 3.78. The van der Waals surface area contributed by atoms with Gasteiger partial charge in [-0.2, -0.15) is 11.8 Å². The van der Waals surface area contributed by atoms with E-state index in [9.17, 15) is 0 Å². The number of nitrogens with one attached hydrogen (secondary N) is 1. The van der Waals surface area contributed by atoms with Gasteiger partial charge in [0.2, 0.25) is 0 Å². The first kappa shape index (κ1) is 11.7. The minimum Gasteiger partial charge on any atom is -0.312 e. The minimum atomic E-state index is 0.789. The fraction of sp³-hybridized carbons (Fsp3) is 1.00. The molecule has 0 amide bonds. The second kappa shape index (κ2) is 5.55. The molecular weight excluding hydrogens is 204 g/mol. The lowest BCUT2D eigenvalue weighted by Gasteiger charge is -2.45. The molecule has 3 aliphatic rings. The van der Waals surface area contributed by atoms with Crippen molar-refractivity contribution in [2.75, 3.05) is 38.2 Å². The normalized spacial score (nSPS) is 36.8. The van der Waals surface area contributed by atoms with E-state index < -0.39 is 0 Å². The van der Waals surface area contributed by atoms with Gasteiger partial charge in [0, 0.05) is 12.6 Å². The SMILES string of the molecule is CSCC(C)CNC1CN2CCC1CC2. The van der Waals surface area contributed by atoms with Crippen molar-refractivity contribution in [3.8, 4) is 0 Å². The van der Waals surface area contributed by atoms with Crippen LogP contribution in [0.1, 0.15) is 19.8 Å². The number of hydrogen-bond acceptors (Lipinski definition) is 3. The summed E-state index contributed by atoms with van der Waals surface area (Å²) in [5.41, 5.74) is 0. The predicted molar refractivity (Wildman–Crippen MR) is 68.5 cm³/mol. The number of hydrogen-bond donors (Lipinski definition) is 1. The maximum Gasteiger partial charge on any atom is 0.0224 e. The van der Waals surface area contributed by atoms with Crippen molar-refractivity contribution in [3.05, 3.63) is 0 Å². The molecule has 0 radical (unpaired) electrons. The van der Waals surface area contributed by atoms with E-state index in [2.05, 4.69) is 23.4 Å². The smallest absolute Gasteiger partial charge is 0.0224 e. The molecule has 0 aromatic heterocycles. The lowest BCUT2D eigenvalue weighted by atomic mass is 9.84. The Morgan fingerprint density at radius 2 is 2.13 bits per heavy atom. The zero-order valence-electron chi connectivity index (χ0n) is 10.0. The van der Waals surface area contributed by atoms with Crippen LogP contribution in [0.5, 0.6) is 0 Å². The first-order valence-electron chi connectivity index (χ1n) is 6.24. The second-order valence-corrected chi connectivity index (χ2v) is 6.12. The molecule has 2 nitrogen and oxygen atoms in total. The quantitative estimate of drug-likeness (QED) is 0.770. The third-order valence-corrected chi connectivity index (χ3v) is 4.74. The van der Waals surface area contributed by atoms with Crippen molar-refractivity contribution in [1.29, 1.82) is 0 Å². The molecule has 3 aliphatic heterocycles. The molecule has 3 fully saturated rings. The summed E-state index contributed by atoms with van der Waals surface area (Å²) in [6, 6.07) is 0.789. The van der Waals surface area contributed by atoms with Gasteiger partial charge in [0.1, 0.15) is 0 Å². The molecule has 3 heteroatoms. The highest BCUT2D eigenvalue weighted by Crippen LogP contribution is 2.27. The van der Waals surface area contributed by atoms with Crippen molar-refractivity contribution in [3.63, 3.8) is 0 Å². The number of thioether (sulfide) groups is 1. The average molecular weight is 228 g/mol. The summed E-state index contributed by atoms with van der Waals surface area (Å²) < 4.78 is 0. The van der Waals surface area contributed by atoms with E-state index >= 15 is 0 Å². The van der Waals surface area contributed by atoms with Crippen LogP contribution in [0.4, 0.5) is 0 Å². The summed E-state index contributed by atoms with van der Waals surface area (Å²) in [7, 11) is 0. The molecule has 1 N–H and O–H groups in total. The van der Waals surface area contributed by atoms with Crippen molar-refractivity contribution in [2.24, 2.45) is 11.8 Å². The van der Waals surface area contributed by atoms with Crippen LogP contribution in [0.3, 0.4) is 0 Å². The van der Waals surface area contributed by atoms with Crippen molar-refractivity contribution >= 4 is 11.8 Å². The van der Waals surface area contributed by atoms with Crippen LogP contribution in [-0.4, -0.2) is 49.1 Å². The molecule has 88 valence electrons. The lowest BCUT2D eigenvalue weighted by Crippen LogP contribution is -2.56. The van der Waals surface area contributed by atoms with Crippen LogP contribution in [-0.2, 0) is 0 Å². The van der Waals surface area contributed by atoms with Crippen LogP contribution in [0.2, 0.25) is 0 Å². The average Bonchev–Trinajstić information content (AvgIpc) is 2.28. The third kappa shape index (κ3) is 3.11. The highest BCUT2D eigenvalue weighted by Gasteiger charge is 2.33. The zero-order chi connectivity index (χ0) is 10.7. The second-order valence-electron chi connectivity index (χ2n) is 5.21. The molecule has 0 spiro atoms. The topological polar surface area (TPSA) is 15.3 Å². The number of fused-ring (bicyclic) bond motifs is 3. The van der Waals surface area contributed by atoms with Crippen LogP contribution >= 0.6 is 11.8 Å². The Morgan fingerprint density at radius 1 is 1.40 bits per heavy atom. The Bertz CT molecular complexity index is 190. The van der Waals surface area contributed by atoms with E-state index in [1.807, 2.05) is 11.8 Å². The Kier molecular flexibility index (Phi) is 4.35. The van der Waals surface area contributed by atoms with Gasteiger partial charge < -0.3 is 10.2 Å². The van der Waals surface area contributed by atoms with Crippen LogP contribution in [0.25, 0.3) is 0 Å². The van der Waals surface area contributed by atoms with Gasteiger partial charge in [-0.25, -0.2) is 0 Å². The molecule has 0 aliphatic carbocycles. The monoisotopic (exact) mass is 228 g/mol. The molecule has 0 aromatic rings. The van der Waals surface area contributed by atoms with Gasteiger partial charge in [-0.1, -0.05) is 6.92 Å². The molecule has 2 unspecified atom stereocenters. The van der Waals surface area contributed by atoms with Crippen LogP contribution in [0.15, 0.2) is 0 Å². The van der Waals surface area contributed by atoms with Crippen LogP contribution in [0, 0.1) is 11.8 Å². The molecule has 3 heterocycles. The van der Waals surface area contributed by atoms with Gasteiger partial charge in [0.15, 0.2) is 0 Å². The maximum atomic E-state index is 3.78. The Balaban J connectivity index is 1.71. The predicted octanol–water partition coefficient (Wildman–Crippen LogP) is 1.67. The highest BCUT2D eigenvalue weighted by atomic mass is 32.2. The highest BCUT2D eigenvalue weighted by molar-refractivity contribution is 7.98. The van der Waals surface area contributed by atoms with Gasteiger partial charge in [0.25, 0.3) is 0 Å². The van der Waals surface area contributed by atoms with Crippen molar-refractivity contribution < 1.29 is 0 Å². The van der Waals surface area contributed by atoms with Crippen molar-refractivity contribution in [2.45, 2.75) is 25.8 Å². The van der Waals surface area contributed by atoms with Gasteiger partial charge in [-0.3, -0.25) is 0 Å². The number of nitrogens with zero attached hydrogens (tertiary/aromatic N) is 1. The molecule has 15 heavy (non-hydrogen) atoms. The summed E-state index contributed by atoms with van der Waals surface area (Å²) in [6.45, 7) is 7.56. The first-order chi connectivity index (χ1) is 7.29. The summed E-state index contributed by atoms with van der Waals surface area (Å²) >= 11 is 1.96. The van der Waals surface area contributed by atoms with E-state index in [0.29, 0.717) is 0 Å². The fourth-order valence-corrected chi connectivity index (χ4v) is 3.58. The van der Waals surface area contributed by atoms with E-state index in [0.717, 1.165) is 17.9 Å². The van der Waals surface area contributed by atoms with Gasteiger partial charge in [-0.05, 0) is 56.3 Å². The molecule has 0 saturated carbocycles. The van der Waals surface area contributed by atoms with E-state index in [4.69, 9.17) is 0 Å². The first-order valence-corrected chi connectivity index (χ1v) is 7.63. The summed E-state index contributed by atoms with van der Waals surface area (Å²) in [6.07, 6.45) is 5.05. The summed E-state index contributed by atoms with van der Waals surface area (Å²) in [4.78, 5) is 2.62. The lowest BCUT2D eigenvalue weighted by molar-refractivity contribution is 0.0715. The van der Waals surface area contributed by atoms with E-state index in [1.165, 1.54) is 44.8 Å². The van der Waals surface area contributed by atoms with Crippen LogP contribution < -0.4 is 5.32 Å². The molecule has 2 bridgehead atoms. The number of piperidine rings is 3. The molecule has 0 aromatic carbocycles. The Labute approximate surface area is 98.2 Å². The Hall–Kier alpha value is 0.270. The largest absolute Gasteiger partial charge is 0.312 e. The fourth-order valence-electron chi connectivity index (χ4n) is 2.89. The standard InChI is InChI=1S/C12H24N2S/c1-10(9-15-2)7-13-12-8-14-5-3-11(12)4-6-14/h10-13H,3-9H2,1-2H3.